The molecule has 1 N–H and O–H groups in total. The maximum atomic E-state index is 11.7. The van der Waals surface area contributed by atoms with Gasteiger partial charge in [-0.15, -0.1) is 0 Å². The third-order valence-corrected chi connectivity index (χ3v) is 4.42. The lowest BCUT2D eigenvalue weighted by molar-refractivity contribution is -0.147. The first-order valence-corrected chi connectivity index (χ1v) is 6.07. The third kappa shape index (κ3) is 1.10. The summed E-state index contributed by atoms with van der Waals surface area (Å²) in [5.41, 5.74) is 1.79. The molecular formula is C14H16O2. The van der Waals surface area contributed by atoms with Crippen LogP contribution in [0.2, 0.25) is 0 Å². The van der Waals surface area contributed by atoms with E-state index in [1.165, 1.54) is 12.0 Å². The summed E-state index contributed by atoms with van der Waals surface area (Å²) in [5, 5.41) is 9.65. The van der Waals surface area contributed by atoms with Crippen molar-refractivity contribution in [2.24, 2.45) is 5.92 Å². The fourth-order valence-corrected chi connectivity index (χ4v) is 3.67. The van der Waals surface area contributed by atoms with E-state index in [9.17, 15) is 9.90 Å². The highest BCUT2D eigenvalue weighted by atomic mass is 16.4. The number of carbonyl (C=O) groups is 1. The van der Waals surface area contributed by atoms with E-state index in [-0.39, 0.29) is 0 Å². The Morgan fingerprint density at radius 2 is 2.12 bits per heavy atom. The minimum Gasteiger partial charge on any atom is -0.481 e. The van der Waals surface area contributed by atoms with E-state index in [2.05, 4.69) is 6.07 Å². The fraction of sp³-hybridized carbons (Fsp3) is 0.500. The molecule has 2 atom stereocenters. The quantitative estimate of drug-likeness (QED) is 0.783. The Bertz CT molecular complexity index is 438. The lowest BCUT2D eigenvalue weighted by Crippen LogP contribution is -2.42. The van der Waals surface area contributed by atoms with Crippen molar-refractivity contribution in [1.29, 1.82) is 0 Å². The summed E-state index contributed by atoms with van der Waals surface area (Å²) in [6.07, 6.45) is 5.10. The van der Waals surface area contributed by atoms with E-state index in [4.69, 9.17) is 0 Å². The predicted octanol–water partition coefficient (Wildman–Crippen LogP) is 2.76. The number of fused-ring (bicyclic) bond motifs is 3. The molecule has 2 aliphatic rings. The smallest absolute Gasteiger partial charge is 0.314 e. The molecule has 2 nitrogen and oxygen atoms in total. The predicted molar refractivity (Wildman–Crippen MR) is 61.4 cm³/mol. The Kier molecular flexibility index (Phi) is 2.06. The molecule has 1 aromatic rings. The van der Waals surface area contributed by atoms with Crippen molar-refractivity contribution in [1.82, 2.24) is 0 Å². The monoisotopic (exact) mass is 216 g/mol. The number of rotatable bonds is 1. The largest absolute Gasteiger partial charge is 0.481 e. The maximum Gasteiger partial charge on any atom is 0.314 e. The highest BCUT2D eigenvalue weighted by Gasteiger charge is 2.53. The standard InChI is InChI=1S/C14H16O2/c15-13(16)14-8-4-3-6-11(14)9-10-5-1-2-7-12(10)14/h1-2,5,7,11H,3-4,6,8-9H2,(H,15,16). The van der Waals surface area contributed by atoms with Crippen molar-refractivity contribution in [3.8, 4) is 0 Å². The van der Waals surface area contributed by atoms with Crippen LogP contribution in [-0.2, 0) is 16.6 Å². The third-order valence-electron chi connectivity index (χ3n) is 4.42. The molecule has 0 saturated heterocycles. The summed E-state index contributed by atoms with van der Waals surface area (Å²) < 4.78 is 0. The van der Waals surface area contributed by atoms with Crippen LogP contribution in [0.25, 0.3) is 0 Å². The molecule has 0 aliphatic heterocycles. The molecule has 0 spiro atoms. The van der Waals surface area contributed by atoms with E-state index in [1.807, 2.05) is 18.2 Å². The molecule has 0 radical (unpaired) electrons. The van der Waals surface area contributed by atoms with E-state index in [1.54, 1.807) is 0 Å². The van der Waals surface area contributed by atoms with Crippen molar-refractivity contribution in [2.75, 3.05) is 0 Å². The van der Waals surface area contributed by atoms with Gasteiger partial charge in [0, 0.05) is 0 Å². The Hall–Kier alpha value is -1.31. The van der Waals surface area contributed by atoms with Gasteiger partial charge in [0.15, 0.2) is 0 Å². The van der Waals surface area contributed by atoms with E-state index in [0.717, 1.165) is 31.2 Å². The first kappa shape index (κ1) is 9.88. The zero-order chi connectivity index (χ0) is 11.2. The van der Waals surface area contributed by atoms with Crippen LogP contribution in [-0.4, -0.2) is 11.1 Å². The minimum atomic E-state index is -0.609. The number of hydrogen-bond acceptors (Lipinski definition) is 1. The summed E-state index contributed by atoms with van der Waals surface area (Å²) in [4.78, 5) is 11.7. The van der Waals surface area contributed by atoms with Crippen molar-refractivity contribution < 1.29 is 9.90 Å². The molecular weight excluding hydrogens is 200 g/mol. The summed E-state index contributed by atoms with van der Waals surface area (Å²) in [5.74, 6) is -0.279. The van der Waals surface area contributed by atoms with Gasteiger partial charge in [0.1, 0.15) is 0 Å². The second kappa shape index (κ2) is 3.34. The second-order valence-corrected chi connectivity index (χ2v) is 5.08. The van der Waals surface area contributed by atoms with Crippen LogP contribution in [0.4, 0.5) is 0 Å². The zero-order valence-electron chi connectivity index (χ0n) is 9.28. The molecule has 3 rings (SSSR count). The van der Waals surface area contributed by atoms with Crippen molar-refractivity contribution >= 4 is 5.97 Å². The van der Waals surface area contributed by atoms with Gasteiger partial charge in [0.25, 0.3) is 0 Å². The second-order valence-electron chi connectivity index (χ2n) is 5.08. The molecule has 1 fully saturated rings. The van der Waals surface area contributed by atoms with Crippen molar-refractivity contribution in [3.63, 3.8) is 0 Å². The first-order chi connectivity index (χ1) is 7.75. The molecule has 84 valence electrons. The Morgan fingerprint density at radius 1 is 1.31 bits per heavy atom. The van der Waals surface area contributed by atoms with E-state index < -0.39 is 11.4 Å². The van der Waals surface area contributed by atoms with Crippen LogP contribution in [0.3, 0.4) is 0 Å². The van der Waals surface area contributed by atoms with Gasteiger partial charge in [-0.1, -0.05) is 37.1 Å². The van der Waals surface area contributed by atoms with Gasteiger partial charge >= 0.3 is 5.97 Å². The fourth-order valence-electron chi connectivity index (χ4n) is 3.67. The van der Waals surface area contributed by atoms with Gasteiger partial charge in [-0.05, 0) is 36.3 Å². The molecule has 1 saturated carbocycles. The molecule has 0 amide bonds. The molecule has 0 bridgehead atoms. The van der Waals surface area contributed by atoms with Gasteiger partial charge in [0.2, 0.25) is 0 Å². The first-order valence-electron chi connectivity index (χ1n) is 6.07. The number of aliphatic carboxylic acids is 1. The topological polar surface area (TPSA) is 37.3 Å². The SMILES string of the molecule is O=C(O)C12CCCCC1Cc1ccccc12. The zero-order valence-corrected chi connectivity index (χ0v) is 9.28. The van der Waals surface area contributed by atoms with Crippen LogP contribution in [0.1, 0.15) is 36.8 Å². The Labute approximate surface area is 95.3 Å². The molecule has 1 aromatic carbocycles. The Morgan fingerprint density at radius 3 is 2.94 bits per heavy atom. The lowest BCUT2D eigenvalue weighted by Gasteiger charge is -2.36. The molecule has 16 heavy (non-hydrogen) atoms. The van der Waals surface area contributed by atoms with E-state index >= 15 is 0 Å². The van der Waals surface area contributed by atoms with Crippen LogP contribution in [0.15, 0.2) is 24.3 Å². The average molecular weight is 216 g/mol. The van der Waals surface area contributed by atoms with Crippen LogP contribution >= 0.6 is 0 Å². The summed E-state index contributed by atoms with van der Waals surface area (Å²) in [6.45, 7) is 0. The minimum absolute atomic E-state index is 0.330. The number of carboxylic acid groups (broad SMARTS) is 1. The van der Waals surface area contributed by atoms with Gasteiger partial charge in [0.05, 0.1) is 5.41 Å². The number of benzene rings is 1. The van der Waals surface area contributed by atoms with Crippen molar-refractivity contribution in [3.05, 3.63) is 35.4 Å². The Balaban J connectivity index is 2.17. The molecule has 2 aliphatic carbocycles. The summed E-state index contributed by atoms with van der Waals surface area (Å²) in [7, 11) is 0. The van der Waals surface area contributed by atoms with E-state index in [0.29, 0.717) is 5.92 Å². The van der Waals surface area contributed by atoms with Crippen LogP contribution < -0.4 is 0 Å². The van der Waals surface area contributed by atoms with Gasteiger partial charge < -0.3 is 5.11 Å². The number of hydrogen-bond donors (Lipinski definition) is 1. The average Bonchev–Trinajstić information content (AvgIpc) is 2.64. The van der Waals surface area contributed by atoms with Crippen LogP contribution in [0.5, 0.6) is 0 Å². The van der Waals surface area contributed by atoms with Gasteiger partial charge in [-0.3, -0.25) is 4.79 Å². The normalized spacial score (nSPS) is 31.9. The summed E-state index contributed by atoms with van der Waals surface area (Å²) >= 11 is 0. The highest BCUT2D eigenvalue weighted by molar-refractivity contribution is 5.84. The molecule has 0 aromatic heterocycles. The molecule has 0 heterocycles. The van der Waals surface area contributed by atoms with Crippen molar-refractivity contribution in [2.45, 2.75) is 37.5 Å². The van der Waals surface area contributed by atoms with Gasteiger partial charge in [-0.2, -0.15) is 0 Å². The maximum absolute atomic E-state index is 11.7. The van der Waals surface area contributed by atoms with Crippen LogP contribution in [0, 0.1) is 5.92 Å². The molecule has 2 unspecified atom stereocenters. The highest BCUT2D eigenvalue weighted by Crippen LogP contribution is 2.51. The number of carboxylic acids is 1. The summed E-state index contributed by atoms with van der Waals surface area (Å²) in [6, 6.07) is 8.11. The lowest BCUT2D eigenvalue weighted by atomic mass is 9.66. The molecule has 2 heteroatoms. The van der Waals surface area contributed by atoms with Gasteiger partial charge in [-0.25, -0.2) is 0 Å².